The molecule has 1 aliphatic rings. The van der Waals surface area contributed by atoms with Crippen LogP contribution in [0.1, 0.15) is 24.0 Å². The number of hydrogen-bond donors (Lipinski definition) is 1. The van der Waals surface area contributed by atoms with Gasteiger partial charge in [0.05, 0.1) is 15.2 Å². The Labute approximate surface area is 166 Å². The molecule has 0 heterocycles. The third kappa shape index (κ3) is 3.87. The van der Waals surface area contributed by atoms with Crippen LogP contribution in [-0.2, 0) is 26.7 Å². The van der Waals surface area contributed by atoms with Gasteiger partial charge in [-0.2, -0.15) is 0 Å². The summed E-state index contributed by atoms with van der Waals surface area (Å²) in [5.74, 6) is -0.139. The molecule has 0 fully saturated rings. The van der Waals surface area contributed by atoms with Crippen LogP contribution < -0.4 is 9.88 Å². The summed E-state index contributed by atoms with van der Waals surface area (Å²) in [6.07, 6.45) is 2.83. The van der Waals surface area contributed by atoms with Gasteiger partial charge < -0.3 is 9.53 Å². The maximum absolute atomic E-state index is 12.0. The van der Waals surface area contributed by atoms with Crippen LogP contribution in [0, 0.1) is 10.1 Å². The van der Waals surface area contributed by atoms with Crippen molar-refractivity contribution in [3.63, 3.8) is 0 Å². The lowest BCUT2D eigenvalue weighted by Gasteiger charge is -2.34. The fourth-order valence-corrected chi connectivity index (χ4v) is 4.16. The number of hydrogen-bond acceptors (Lipinski definition) is 6. The van der Waals surface area contributed by atoms with E-state index in [1.165, 1.54) is 6.07 Å². The molecule has 0 aromatic heterocycles. The van der Waals surface area contributed by atoms with Gasteiger partial charge in [0, 0.05) is 11.1 Å². The molecular formula is C18H17ClN2O6S. The van der Waals surface area contributed by atoms with Gasteiger partial charge >= 0.3 is 5.69 Å². The second-order valence-corrected chi connectivity index (χ2v) is 8.65. The quantitative estimate of drug-likeness (QED) is 0.431. The summed E-state index contributed by atoms with van der Waals surface area (Å²) in [5, 5.41) is 16.9. The van der Waals surface area contributed by atoms with E-state index in [-0.39, 0.29) is 12.4 Å². The Bertz CT molecular complexity index is 1060. The van der Waals surface area contributed by atoms with Crippen molar-refractivity contribution in [2.45, 2.75) is 29.6 Å². The van der Waals surface area contributed by atoms with Crippen LogP contribution in [0.2, 0.25) is 5.02 Å². The molecule has 1 atom stereocenters. The van der Waals surface area contributed by atoms with Gasteiger partial charge in [-0.05, 0) is 54.7 Å². The summed E-state index contributed by atoms with van der Waals surface area (Å²) in [7, 11) is -4.10. The summed E-state index contributed by atoms with van der Waals surface area (Å²) in [6, 6.07) is 8.40. The first-order valence-electron chi connectivity index (χ1n) is 8.35. The number of aryl methyl sites for hydroxylation is 1. The Kier molecular flexibility index (Phi) is 5.42. The highest BCUT2D eigenvalue weighted by atomic mass is 35.5. The number of sulfonamides is 1. The summed E-state index contributed by atoms with van der Waals surface area (Å²) >= 11 is 6.04. The Morgan fingerprint density at radius 3 is 2.68 bits per heavy atom. The summed E-state index contributed by atoms with van der Waals surface area (Å²) in [6.45, 7) is -0.124. The minimum absolute atomic E-state index is 0.124. The highest BCUT2D eigenvalue weighted by molar-refractivity contribution is 7.89. The lowest BCUT2D eigenvalue weighted by molar-refractivity contribution is -0.386. The fourth-order valence-electron chi connectivity index (χ4n) is 3.44. The van der Waals surface area contributed by atoms with Crippen molar-refractivity contribution in [3.05, 3.63) is 62.7 Å². The molecule has 0 bridgehead atoms. The lowest BCUT2D eigenvalue weighted by Crippen LogP contribution is -2.38. The van der Waals surface area contributed by atoms with Crippen LogP contribution in [0.4, 0.5) is 5.69 Å². The van der Waals surface area contributed by atoms with E-state index >= 15 is 0 Å². The number of aldehydes is 1. The molecule has 2 aromatic carbocycles. The van der Waals surface area contributed by atoms with Crippen molar-refractivity contribution in [2.24, 2.45) is 5.14 Å². The molecule has 0 spiro atoms. The second kappa shape index (κ2) is 7.50. The van der Waals surface area contributed by atoms with Crippen molar-refractivity contribution >= 4 is 33.6 Å². The molecule has 10 heteroatoms. The summed E-state index contributed by atoms with van der Waals surface area (Å²) in [5.41, 5.74) is 0.209. The van der Waals surface area contributed by atoms with Crippen molar-refractivity contribution in [1.29, 1.82) is 0 Å². The topological polar surface area (TPSA) is 130 Å². The molecule has 2 aromatic rings. The van der Waals surface area contributed by atoms with Crippen molar-refractivity contribution in [3.8, 4) is 5.75 Å². The third-order valence-electron chi connectivity index (χ3n) is 4.84. The van der Waals surface area contributed by atoms with Crippen molar-refractivity contribution < 1.29 is 22.9 Å². The Hall–Kier alpha value is -2.49. The first-order valence-corrected chi connectivity index (χ1v) is 10.3. The molecular weight excluding hydrogens is 408 g/mol. The number of benzene rings is 2. The largest absolute Gasteiger partial charge is 0.485 e. The number of nitrogens with two attached hydrogens (primary N) is 1. The van der Waals surface area contributed by atoms with Gasteiger partial charge in [-0.3, -0.25) is 10.1 Å². The van der Waals surface area contributed by atoms with Crippen LogP contribution in [0.5, 0.6) is 5.75 Å². The highest BCUT2D eigenvalue weighted by Gasteiger charge is 2.38. The molecule has 0 amide bonds. The molecule has 0 saturated heterocycles. The predicted molar refractivity (Wildman–Crippen MR) is 102 cm³/mol. The van der Waals surface area contributed by atoms with E-state index in [0.29, 0.717) is 11.4 Å². The number of ether oxygens (including phenoxy) is 1. The van der Waals surface area contributed by atoms with Gasteiger partial charge in [0.1, 0.15) is 12.9 Å². The smallest absolute Gasteiger partial charge is 0.312 e. The zero-order chi connectivity index (χ0) is 20.5. The molecule has 1 aliphatic carbocycles. The van der Waals surface area contributed by atoms with Crippen molar-refractivity contribution in [2.75, 3.05) is 6.61 Å². The number of rotatable bonds is 6. The van der Waals surface area contributed by atoms with Gasteiger partial charge in [0.25, 0.3) is 0 Å². The molecule has 148 valence electrons. The number of nitrogens with zero attached hydrogens (tertiary/aromatic N) is 1. The molecule has 3 rings (SSSR count). The standard InChI is InChI=1S/C18H17ClN2O6S/c19-13-3-5-15-12(8-13)2-1-7-18(15,10-22)11-27-17-6-4-14(28(20,25)26)9-16(17)21(23)24/h3-6,8-10H,1-2,7,11H2,(H2,20,25,26). The highest BCUT2D eigenvalue weighted by Crippen LogP contribution is 2.39. The van der Waals surface area contributed by atoms with Crippen LogP contribution in [0.3, 0.4) is 0 Å². The van der Waals surface area contributed by atoms with Crippen LogP contribution in [0.15, 0.2) is 41.3 Å². The number of nitro benzene ring substituents is 1. The number of nitro groups is 1. The van der Waals surface area contributed by atoms with Crippen LogP contribution in [0.25, 0.3) is 0 Å². The van der Waals surface area contributed by atoms with Gasteiger partial charge in [-0.25, -0.2) is 13.6 Å². The van der Waals surface area contributed by atoms with Gasteiger partial charge in [-0.15, -0.1) is 0 Å². The Morgan fingerprint density at radius 1 is 1.29 bits per heavy atom. The summed E-state index contributed by atoms with van der Waals surface area (Å²) in [4.78, 5) is 22.2. The second-order valence-electron chi connectivity index (χ2n) is 6.65. The van der Waals surface area contributed by atoms with Crippen LogP contribution in [-0.4, -0.2) is 26.2 Å². The van der Waals surface area contributed by atoms with Gasteiger partial charge in [-0.1, -0.05) is 17.7 Å². The molecule has 0 radical (unpaired) electrons. The van der Waals surface area contributed by atoms with Gasteiger partial charge in [0.15, 0.2) is 5.75 Å². The molecule has 28 heavy (non-hydrogen) atoms. The monoisotopic (exact) mass is 424 g/mol. The number of carbonyl (C=O) groups excluding carboxylic acids is 1. The van der Waals surface area contributed by atoms with E-state index in [0.717, 1.165) is 42.4 Å². The Balaban J connectivity index is 1.95. The zero-order valence-electron chi connectivity index (χ0n) is 14.6. The maximum atomic E-state index is 12.0. The minimum Gasteiger partial charge on any atom is -0.485 e. The number of fused-ring (bicyclic) bond motifs is 1. The number of carbonyl (C=O) groups is 1. The lowest BCUT2D eigenvalue weighted by atomic mass is 9.71. The molecule has 8 nitrogen and oxygen atoms in total. The van der Waals surface area contributed by atoms with E-state index < -0.39 is 30.9 Å². The minimum atomic E-state index is -4.10. The maximum Gasteiger partial charge on any atom is 0.312 e. The molecule has 1 unspecified atom stereocenters. The molecule has 0 saturated carbocycles. The molecule has 2 N–H and O–H groups in total. The predicted octanol–water partition coefficient (Wildman–Crippen LogP) is 2.75. The van der Waals surface area contributed by atoms with Gasteiger partial charge in [0.2, 0.25) is 10.0 Å². The molecule has 0 aliphatic heterocycles. The Morgan fingerprint density at radius 2 is 2.04 bits per heavy atom. The number of halogens is 1. The third-order valence-corrected chi connectivity index (χ3v) is 5.99. The average molecular weight is 425 g/mol. The normalized spacial score (nSPS) is 18.9. The fraction of sp³-hybridized carbons (Fsp3) is 0.278. The first kappa shape index (κ1) is 20.2. The van der Waals surface area contributed by atoms with E-state index in [1.54, 1.807) is 18.2 Å². The van der Waals surface area contributed by atoms with E-state index in [9.17, 15) is 23.3 Å². The SMILES string of the molecule is NS(=O)(=O)c1ccc(OCC2(C=O)CCCc3cc(Cl)ccc32)c([N+](=O)[O-])c1. The zero-order valence-corrected chi connectivity index (χ0v) is 16.2. The first-order chi connectivity index (χ1) is 13.2. The van der Waals surface area contributed by atoms with E-state index in [1.807, 2.05) is 0 Å². The summed E-state index contributed by atoms with van der Waals surface area (Å²) < 4.78 is 28.5. The number of primary sulfonamides is 1. The average Bonchev–Trinajstić information content (AvgIpc) is 2.65. The van der Waals surface area contributed by atoms with Crippen molar-refractivity contribution in [1.82, 2.24) is 0 Å². The van der Waals surface area contributed by atoms with Crippen LogP contribution >= 0.6 is 11.6 Å². The van der Waals surface area contributed by atoms with E-state index in [4.69, 9.17) is 21.5 Å². The van der Waals surface area contributed by atoms with E-state index in [2.05, 4.69) is 0 Å².